The summed E-state index contributed by atoms with van der Waals surface area (Å²) in [6.45, 7) is 0.305. The van der Waals surface area contributed by atoms with Crippen molar-refractivity contribution in [1.29, 1.82) is 0 Å². The summed E-state index contributed by atoms with van der Waals surface area (Å²) < 4.78 is 16.3. The third-order valence-electron chi connectivity index (χ3n) is 5.60. The number of carbonyl (C=O) groups excluding carboxylic acids is 1. The maximum atomic E-state index is 14.4. The van der Waals surface area contributed by atoms with Gasteiger partial charge in [-0.05, 0) is 30.3 Å². The van der Waals surface area contributed by atoms with E-state index in [1.807, 2.05) is 65.4 Å². The monoisotopic (exact) mass is 416 g/mol. The van der Waals surface area contributed by atoms with E-state index in [2.05, 4.69) is 0 Å². The minimum absolute atomic E-state index is 0.0369. The molecule has 0 radical (unpaired) electrons. The molecule has 1 amide bonds. The van der Waals surface area contributed by atoms with Crippen molar-refractivity contribution < 1.29 is 9.18 Å². The Morgan fingerprint density at radius 1 is 1.00 bits per heavy atom. The van der Waals surface area contributed by atoms with E-state index in [0.29, 0.717) is 22.7 Å². The molecular weight excluding hydrogens is 399 g/mol. The van der Waals surface area contributed by atoms with Crippen molar-refractivity contribution in [1.82, 2.24) is 4.57 Å². The number of amides is 1. The lowest BCUT2D eigenvalue weighted by Crippen LogP contribution is -2.20. The van der Waals surface area contributed by atoms with Gasteiger partial charge in [-0.15, -0.1) is 0 Å². The summed E-state index contributed by atoms with van der Waals surface area (Å²) in [5.74, 6) is -0.369. The van der Waals surface area contributed by atoms with Gasteiger partial charge in [-0.25, -0.2) is 4.39 Å². The molecule has 30 heavy (non-hydrogen) atoms. The van der Waals surface area contributed by atoms with Crippen molar-refractivity contribution in [2.24, 2.45) is 0 Å². The van der Waals surface area contributed by atoms with Crippen molar-refractivity contribution in [3.8, 4) is 0 Å². The largest absolute Gasteiger partial charge is 0.342 e. The number of anilines is 1. The molecule has 0 atom stereocenters. The molecule has 0 N–H and O–H groups in total. The molecule has 3 aromatic carbocycles. The van der Waals surface area contributed by atoms with E-state index < -0.39 is 0 Å². The van der Waals surface area contributed by atoms with Gasteiger partial charge in [0.25, 0.3) is 5.91 Å². The normalized spacial score (nSPS) is 14.7. The van der Waals surface area contributed by atoms with E-state index in [0.717, 1.165) is 27.7 Å². The first-order valence-electron chi connectivity index (χ1n) is 9.64. The van der Waals surface area contributed by atoms with Gasteiger partial charge in [0.05, 0.1) is 12.2 Å². The number of aromatic nitrogens is 1. The zero-order valence-corrected chi connectivity index (χ0v) is 17.0. The summed E-state index contributed by atoms with van der Waals surface area (Å²) in [4.78, 5) is 14.5. The van der Waals surface area contributed by atoms with Gasteiger partial charge in [0.1, 0.15) is 5.82 Å². The van der Waals surface area contributed by atoms with Crippen molar-refractivity contribution >= 4 is 45.7 Å². The quantitative estimate of drug-likeness (QED) is 0.376. The van der Waals surface area contributed by atoms with Crippen LogP contribution in [0.2, 0.25) is 5.02 Å². The first kappa shape index (κ1) is 18.6. The van der Waals surface area contributed by atoms with Crippen LogP contribution in [0.25, 0.3) is 22.6 Å². The Hall–Kier alpha value is -3.37. The van der Waals surface area contributed by atoms with Crippen LogP contribution >= 0.6 is 11.6 Å². The number of hydrogen-bond acceptors (Lipinski definition) is 1. The average molecular weight is 417 g/mol. The molecule has 0 aliphatic carbocycles. The second kappa shape index (κ2) is 7.15. The average Bonchev–Trinajstić information content (AvgIpc) is 3.22. The number of nitrogens with zero attached hydrogens (tertiary/aromatic N) is 2. The highest BCUT2D eigenvalue weighted by atomic mass is 35.5. The van der Waals surface area contributed by atoms with Gasteiger partial charge in [0.2, 0.25) is 0 Å². The van der Waals surface area contributed by atoms with Crippen LogP contribution in [0.5, 0.6) is 0 Å². The molecule has 1 aliphatic heterocycles. The number of para-hydroxylation sites is 2. The van der Waals surface area contributed by atoms with Gasteiger partial charge >= 0.3 is 0 Å². The Balaban J connectivity index is 1.65. The maximum Gasteiger partial charge on any atom is 0.258 e. The van der Waals surface area contributed by atoms with Crippen LogP contribution < -0.4 is 4.90 Å². The molecule has 5 heteroatoms. The Labute approximate surface area is 178 Å². The highest BCUT2D eigenvalue weighted by Crippen LogP contribution is 2.37. The van der Waals surface area contributed by atoms with E-state index >= 15 is 0 Å². The Kier molecular flexibility index (Phi) is 4.44. The number of halogens is 2. The third kappa shape index (κ3) is 2.92. The number of hydrogen-bond donors (Lipinski definition) is 0. The molecule has 5 rings (SSSR count). The molecular formula is C25H18ClFN2O. The molecule has 4 aromatic rings. The van der Waals surface area contributed by atoms with Crippen LogP contribution in [-0.2, 0) is 11.3 Å². The van der Waals surface area contributed by atoms with Crippen molar-refractivity contribution in [3.63, 3.8) is 0 Å². The maximum absolute atomic E-state index is 14.4. The van der Waals surface area contributed by atoms with E-state index in [1.54, 1.807) is 24.1 Å². The van der Waals surface area contributed by atoms with E-state index in [9.17, 15) is 9.18 Å². The topological polar surface area (TPSA) is 25.2 Å². The van der Waals surface area contributed by atoms with Gasteiger partial charge in [0, 0.05) is 51.4 Å². The van der Waals surface area contributed by atoms with Crippen LogP contribution in [0.1, 0.15) is 16.7 Å². The first-order chi connectivity index (χ1) is 14.5. The Morgan fingerprint density at radius 3 is 2.60 bits per heavy atom. The van der Waals surface area contributed by atoms with Gasteiger partial charge < -0.3 is 9.47 Å². The minimum Gasteiger partial charge on any atom is -0.342 e. The molecule has 3 nitrogen and oxygen atoms in total. The first-order valence-corrected chi connectivity index (χ1v) is 10.0. The standard InChI is InChI=1S/C25H18ClFN2O/c1-28-23-11-4-3-8-18(23)19(25(28)30)13-16-14-29(24-12-5-2-7-17(16)24)15-20-21(26)9-6-10-22(20)27/h2-14H,15H2,1H3. The summed E-state index contributed by atoms with van der Waals surface area (Å²) in [6.07, 6.45) is 3.88. The van der Waals surface area contributed by atoms with Crippen LogP contribution in [0.4, 0.5) is 10.1 Å². The Morgan fingerprint density at radius 2 is 1.77 bits per heavy atom. The second-order valence-corrected chi connectivity index (χ2v) is 7.78. The third-order valence-corrected chi connectivity index (χ3v) is 5.95. The van der Waals surface area contributed by atoms with Crippen LogP contribution in [0.15, 0.2) is 72.9 Å². The lowest BCUT2D eigenvalue weighted by molar-refractivity contribution is -0.112. The number of likely N-dealkylation sites (N-methyl/N-ethyl adjacent to an activating group) is 1. The predicted molar refractivity (Wildman–Crippen MR) is 120 cm³/mol. The zero-order chi connectivity index (χ0) is 20.8. The number of fused-ring (bicyclic) bond motifs is 2. The van der Waals surface area contributed by atoms with Crippen LogP contribution in [-0.4, -0.2) is 17.5 Å². The molecule has 148 valence electrons. The minimum atomic E-state index is -0.332. The number of rotatable bonds is 3. The van der Waals surface area contributed by atoms with Crippen LogP contribution in [0.3, 0.4) is 0 Å². The van der Waals surface area contributed by atoms with Crippen molar-refractivity contribution in [2.75, 3.05) is 11.9 Å². The fourth-order valence-corrected chi connectivity index (χ4v) is 4.29. The van der Waals surface area contributed by atoms with Gasteiger partial charge in [-0.1, -0.05) is 54.1 Å². The van der Waals surface area contributed by atoms with Gasteiger partial charge in [-0.2, -0.15) is 0 Å². The fourth-order valence-electron chi connectivity index (χ4n) is 4.07. The van der Waals surface area contributed by atoms with Gasteiger partial charge in [-0.3, -0.25) is 4.79 Å². The molecule has 1 aliphatic rings. The summed E-state index contributed by atoms with van der Waals surface area (Å²) in [5.41, 5.74) is 4.78. The summed E-state index contributed by atoms with van der Waals surface area (Å²) >= 11 is 6.25. The fraction of sp³-hybridized carbons (Fsp3) is 0.0800. The number of carbonyl (C=O) groups is 1. The molecule has 0 unspecified atom stereocenters. The second-order valence-electron chi connectivity index (χ2n) is 7.37. The Bertz CT molecular complexity index is 1320. The summed E-state index contributed by atoms with van der Waals surface area (Å²) in [5, 5.41) is 1.39. The summed E-state index contributed by atoms with van der Waals surface area (Å²) in [7, 11) is 1.78. The van der Waals surface area contributed by atoms with Gasteiger partial charge in [0.15, 0.2) is 0 Å². The molecule has 2 heterocycles. The molecule has 0 saturated carbocycles. The molecule has 0 saturated heterocycles. The smallest absolute Gasteiger partial charge is 0.258 e. The lowest BCUT2D eigenvalue weighted by Gasteiger charge is -2.08. The molecule has 0 fully saturated rings. The highest BCUT2D eigenvalue weighted by Gasteiger charge is 2.29. The predicted octanol–water partition coefficient (Wildman–Crippen LogP) is 6.00. The summed E-state index contributed by atoms with van der Waals surface area (Å²) in [6, 6.07) is 20.4. The van der Waals surface area contributed by atoms with Crippen molar-refractivity contribution in [3.05, 3.63) is 100 Å². The van der Waals surface area contributed by atoms with Crippen molar-refractivity contribution in [2.45, 2.75) is 6.54 Å². The SMILES string of the molecule is CN1C(=O)C(=Cc2cn(Cc3c(F)cccc3Cl)c3ccccc23)c2ccccc21. The molecule has 0 bridgehead atoms. The van der Waals surface area contributed by atoms with E-state index in [1.165, 1.54) is 6.07 Å². The van der Waals surface area contributed by atoms with Crippen LogP contribution in [0, 0.1) is 5.82 Å². The van der Waals surface area contributed by atoms with E-state index in [4.69, 9.17) is 11.6 Å². The molecule has 1 aromatic heterocycles. The lowest BCUT2D eigenvalue weighted by atomic mass is 10.0. The molecule has 0 spiro atoms. The zero-order valence-electron chi connectivity index (χ0n) is 16.3. The number of benzene rings is 3. The van der Waals surface area contributed by atoms with E-state index in [-0.39, 0.29) is 11.7 Å². The highest BCUT2D eigenvalue weighted by molar-refractivity contribution is 6.36.